The number of hydrogen-bond donors (Lipinski definition) is 1. The first-order valence-corrected chi connectivity index (χ1v) is 12.7. The van der Waals surface area contributed by atoms with Gasteiger partial charge in [-0.3, -0.25) is 4.79 Å². The topological polar surface area (TPSA) is 72.8 Å². The van der Waals surface area contributed by atoms with E-state index in [1.165, 1.54) is 0 Å². The molecular weight excluding hydrogens is 452 g/mol. The fourth-order valence-corrected chi connectivity index (χ4v) is 4.58. The van der Waals surface area contributed by atoms with Crippen LogP contribution in [0, 0.1) is 16.2 Å². The number of esters is 2. The SMILES string of the molecule is CCC(C)(C)CC(C)(C(=O)OCC(O)COC(=O)c1c2ccccc2cc2ccccc12)C(C)(C)C. The molecule has 5 heteroatoms. The second-order valence-corrected chi connectivity index (χ2v) is 11.8. The van der Waals surface area contributed by atoms with Crippen LogP contribution in [-0.4, -0.2) is 36.4 Å². The van der Waals surface area contributed by atoms with Crippen LogP contribution in [0.4, 0.5) is 0 Å². The van der Waals surface area contributed by atoms with Crippen LogP contribution in [0.1, 0.15) is 71.7 Å². The van der Waals surface area contributed by atoms with Crippen molar-refractivity contribution in [1.82, 2.24) is 0 Å². The summed E-state index contributed by atoms with van der Waals surface area (Å²) in [6, 6.07) is 17.4. The van der Waals surface area contributed by atoms with Crippen LogP contribution in [0.25, 0.3) is 21.5 Å². The van der Waals surface area contributed by atoms with Crippen LogP contribution < -0.4 is 0 Å². The van der Waals surface area contributed by atoms with Gasteiger partial charge in [0, 0.05) is 0 Å². The second kappa shape index (κ2) is 10.6. The maximum absolute atomic E-state index is 13.2. The van der Waals surface area contributed by atoms with Gasteiger partial charge in [-0.15, -0.1) is 0 Å². The molecule has 3 rings (SSSR count). The van der Waals surface area contributed by atoms with Gasteiger partial charge in [0.25, 0.3) is 0 Å². The lowest BCUT2D eigenvalue weighted by Gasteiger charge is -2.44. The van der Waals surface area contributed by atoms with E-state index >= 15 is 0 Å². The molecule has 0 aliphatic carbocycles. The molecule has 0 amide bonds. The molecule has 0 aliphatic heterocycles. The average Bonchev–Trinajstić information content (AvgIpc) is 2.83. The first kappa shape index (κ1) is 27.7. The summed E-state index contributed by atoms with van der Waals surface area (Å²) in [5, 5.41) is 14.0. The zero-order valence-electron chi connectivity index (χ0n) is 22.7. The van der Waals surface area contributed by atoms with Gasteiger partial charge < -0.3 is 14.6 Å². The fourth-order valence-electron chi connectivity index (χ4n) is 4.58. The molecule has 2 atom stereocenters. The number of aliphatic hydroxyl groups is 1. The molecular formula is C31H40O5. The van der Waals surface area contributed by atoms with Crippen molar-refractivity contribution in [2.45, 2.75) is 67.4 Å². The van der Waals surface area contributed by atoms with E-state index in [1.54, 1.807) is 0 Å². The Morgan fingerprint density at radius 1 is 0.833 bits per heavy atom. The molecule has 0 fully saturated rings. The van der Waals surface area contributed by atoms with Crippen molar-refractivity contribution in [3.63, 3.8) is 0 Å². The van der Waals surface area contributed by atoms with Crippen molar-refractivity contribution in [3.8, 4) is 0 Å². The van der Waals surface area contributed by atoms with E-state index in [0.29, 0.717) is 12.0 Å². The van der Waals surface area contributed by atoms with Crippen molar-refractivity contribution in [2.24, 2.45) is 16.2 Å². The average molecular weight is 493 g/mol. The van der Waals surface area contributed by atoms with Crippen molar-refractivity contribution in [3.05, 3.63) is 60.2 Å². The molecule has 194 valence electrons. The third-order valence-electron chi connectivity index (χ3n) is 7.68. The van der Waals surface area contributed by atoms with Gasteiger partial charge in [0.2, 0.25) is 0 Å². The number of rotatable bonds is 9. The van der Waals surface area contributed by atoms with Crippen LogP contribution in [0.2, 0.25) is 0 Å². The van der Waals surface area contributed by atoms with Crippen LogP contribution in [0.5, 0.6) is 0 Å². The molecule has 0 aliphatic rings. The molecule has 0 radical (unpaired) electrons. The molecule has 0 bridgehead atoms. The normalized spacial score (nSPS) is 14.9. The number of carbonyl (C=O) groups excluding carboxylic acids is 2. The highest BCUT2D eigenvalue weighted by atomic mass is 16.6. The van der Waals surface area contributed by atoms with E-state index in [2.05, 4.69) is 20.8 Å². The fraction of sp³-hybridized carbons (Fsp3) is 0.484. The summed E-state index contributed by atoms with van der Waals surface area (Å²) < 4.78 is 11.1. The summed E-state index contributed by atoms with van der Waals surface area (Å²) in [5.41, 5.74) is -0.625. The third kappa shape index (κ3) is 5.89. The van der Waals surface area contributed by atoms with Crippen LogP contribution in [0.3, 0.4) is 0 Å². The minimum absolute atomic E-state index is 0.0313. The predicted molar refractivity (Wildman–Crippen MR) is 145 cm³/mol. The quantitative estimate of drug-likeness (QED) is 0.259. The summed E-state index contributed by atoms with van der Waals surface area (Å²) >= 11 is 0. The van der Waals surface area contributed by atoms with Crippen molar-refractivity contribution >= 4 is 33.5 Å². The highest BCUT2D eigenvalue weighted by Crippen LogP contribution is 2.48. The summed E-state index contributed by atoms with van der Waals surface area (Å²) in [4.78, 5) is 26.4. The van der Waals surface area contributed by atoms with Gasteiger partial charge in [0.15, 0.2) is 0 Å². The van der Waals surface area contributed by atoms with Gasteiger partial charge in [-0.05, 0) is 51.8 Å². The Morgan fingerprint density at radius 2 is 1.33 bits per heavy atom. The molecule has 3 aromatic carbocycles. The molecule has 36 heavy (non-hydrogen) atoms. The summed E-state index contributed by atoms with van der Waals surface area (Å²) in [6.45, 7) is 13.9. The maximum Gasteiger partial charge on any atom is 0.339 e. The van der Waals surface area contributed by atoms with Gasteiger partial charge in [0.1, 0.15) is 19.3 Å². The van der Waals surface area contributed by atoms with Gasteiger partial charge in [-0.1, -0.05) is 96.5 Å². The molecule has 1 N–H and O–H groups in total. The summed E-state index contributed by atoms with van der Waals surface area (Å²) in [7, 11) is 0. The summed E-state index contributed by atoms with van der Waals surface area (Å²) in [5.74, 6) is -0.862. The van der Waals surface area contributed by atoms with E-state index in [4.69, 9.17) is 9.47 Å². The van der Waals surface area contributed by atoms with Crippen molar-refractivity contribution in [2.75, 3.05) is 13.2 Å². The standard InChI is InChI=1S/C31H40O5/c1-8-30(5,6)20-31(7,29(2,3)4)28(34)36-19-23(32)18-35-27(33)26-24-15-11-9-13-21(24)17-22-14-10-12-16-25(22)26/h9-17,23,32H,8,18-20H2,1-7H3. The third-order valence-corrected chi connectivity index (χ3v) is 7.68. The molecule has 0 saturated heterocycles. The van der Waals surface area contributed by atoms with Crippen LogP contribution in [0.15, 0.2) is 54.6 Å². The molecule has 0 aromatic heterocycles. The molecule has 0 spiro atoms. The number of benzene rings is 3. The zero-order valence-corrected chi connectivity index (χ0v) is 22.7. The van der Waals surface area contributed by atoms with Crippen LogP contribution in [-0.2, 0) is 14.3 Å². The minimum atomic E-state index is -1.12. The molecule has 2 unspecified atom stereocenters. The number of ether oxygens (including phenoxy) is 2. The van der Waals surface area contributed by atoms with Crippen LogP contribution >= 0.6 is 0 Å². The van der Waals surface area contributed by atoms with Gasteiger partial charge in [-0.25, -0.2) is 4.79 Å². The second-order valence-electron chi connectivity index (χ2n) is 11.8. The molecule has 3 aromatic rings. The Morgan fingerprint density at radius 3 is 1.83 bits per heavy atom. The largest absolute Gasteiger partial charge is 0.462 e. The van der Waals surface area contributed by atoms with Crippen molar-refractivity contribution in [1.29, 1.82) is 0 Å². The van der Waals surface area contributed by atoms with Gasteiger partial charge in [-0.2, -0.15) is 0 Å². The Balaban J connectivity index is 1.70. The smallest absolute Gasteiger partial charge is 0.339 e. The Kier molecular flexibility index (Phi) is 8.14. The lowest BCUT2D eigenvalue weighted by atomic mass is 9.60. The zero-order chi connectivity index (χ0) is 26.7. The number of aliphatic hydroxyl groups excluding tert-OH is 1. The van der Waals surface area contributed by atoms with Gasteiger partial charge >= 0.3 is 11.9 Å². The lowest BCUT2D eigenvalue weighted by Crippen LogP contribution is -2.45. The number of carbonyl (C=O) groups is 2. The first-order chi connectivity index (χ1) is 16.8. The van der Waals surface area contributed by atoms with E-state index in [9.17, 15) is 14.7 Å². The molecule has 0 heterocycles. The number of hydrogen-bond acceptors (Lipinski definition) is 5. The summed E-state index contributed by atoms with van der Waals surface area (Å²) in [6.07, 6.45) is 0.480. The monoisotopic (exact) mass is 492 g/mol. The first-order valence-electron chi connectivity index (χ1n) is 12.7. The highest BCUT2D eigenvalue weighted by Gasteiger charge is 2.48. The highest BCUT2D eigenvalue weighted by molar-refractivity contribution is 6.16. The Bertz CT molecular complexity index is 1180. The van der Waals surface area contributed by atoms with E-state index in [0.717, 1.165) is 28.0 Å². The van der Waals surface area contributed by atoms with Crippen molar-refractivity contribution < 1.29 is 24.2 Å². The minimum Gasteiger partial charge on any atom is -0.462 e. The van der Waals surface area contributed by atoms with E-state index in [-0.39, 0.29) is 30.0 Å². The maximum atomic E-state index is 13.2. The van der Waals surface area contributed by atoms with E-state index < -0.39 is 17.5 Å². The predicted octanol–water partition coefficient (Wildman–Crippen LogP) is 6.93. The molecule has 0 saturated carbocycles. The van der Waals surface area contributed by atoms with Gasteiger partial charge in [0.05, 0.1) is 11.0 Å². The van der Waals surface area contributed by atoms with E-state index in [1.807, 2.05) is 82.3 Å². The Hall–Kier alpha value is -2.92. The number of fused-ring (bicyclic) bond motifs is 2. The lowest BCUT2D eigenvalue weighted by molar-refractivity contribution is -0.168. The Labute approximate surface area is 214 Å². The molecule has 5 nitrogen and oxygen atoms in total.